The van der Waals surface area contributed by atoms with E-state index in [-0.39, 0.29) is 5.91 Å². The van der Waals surface area contributed by atoms with Crippen molar-refractivity contribution in [3.8, 4) is 0 Å². The summed E-state index contributed by atoms with van der Waals surface area (Å²) in [5, 5.41) is 0. The molecule has 0 N–H and O–H groups in total. The Morgan fingerprint density at radius 1 is 1.40 bits per heavy atom. The minimum Gasteiger partial charge on any atom is -0.444 e. The van der Waals surface area contributed by atoms with E-state index in [1.54, 1.807) is 12.1 Å². The number of amides is 1. The molecule has 2 heterocycles. The Hall–Kier alpha value is -0.290. The first-order valence-electron chi connectivity index (χ1n) is 4.85. The fraction of sp³-hybridized carbons (Fsp3) is 0.500. The zero-order chi connectivity index (χ0) is 10.8. The molecule has 0 unspecified atom stereocenters. The molecule has 5 heteroatoms. The largest absolute Gasteiger partial charge is 0.444 e. The molecule has 0 spiro atoms. The van der Waals surface area contributed by atoms with E-state index in [1.807, 2.05) is 4.90 Å². The molecule has 1 saturated heterocycles. The van der Waals surface area contributed by atoms with Crippen LogP contribution in [0.15, 0.2) is 21.2 Å². The Balaban J connectivity index is 2.02. The summed E-state index contributed by atoms with van der Waals surface area (Å²) >= 11 is 6.75. The minimum absolute atomic E-state index is 0.0138. The molecule has 1 aromatic rings. The Morgan fingerprint density at radius 3 is 2.60 bits per heavy atom. The molecule has 0 bridgehead atoms. The highest BCUT2D eigenvalue weighted by atomic mass is 79.9. The van der Waals surface area contributed by atoms with Crippen LogP contribution in [0.3, 0.4) is 0 Å². The number of likely N-dealkylation sites (tertiary alicyclic amines) is 1. The minimum atomic E-state index is -0.0138. The number of piperidine rings is 1. The van der Waals surface area contributed by atoms with E-state index in [4.69, 9.17) is 4.42 Å². The second-order valence-corrected chi connectivity index (χ2v) is 5.65. The third-order valence-electron chi connectivity index (χ3n) is 2.50. The molecule has 1 fully saturated rings. The number of carbonyl (C=O) groups excluding carboxylic acids is 1. The van der Waals surface area contributed by atoms with Gasteiger partial charge in [0.15, 0.2) is 10.4 Å². The van der Waals surface area contributed by atoms with Crippen molar-refractivity contribution in [1.82, 2.24) is 4.90 Å². The molecule has 1 aliphatic heterocycles. The third-order valence-corrected chi connectivity index (χ3v) is 3.84. The van der Waals surface area contributed by atoms with E-state index in [2.05, 4.69) is 31.9 Å². The average Bonchev–Trinajstić information content (AvgIpc) is 2.65. The highest BCUT2D eigenvalue weighted by Gasteiger charge is 2.23. The second kappa shape index (κ2) is 4.70. The third kappa shape index (κ3) is 2.64. The molecule has 2 rings (SSSR count). The number of nitrogens with zero attached hydrogens (tertiary/aromatic N) is 1. The van der Waals surface area contributed by atoms with Crippen molar-refractivity contribution in [2.45, 2.75) is 17.7 Å². The van der Waals surface area contributed by atoms with Crippen LogP contribution in [0.4, 0.5) is 0 Å². The van der Waals surface area contributed by atoms with Crippen LogP contribution in [0.1, 0.15) is 23.4 Å². The highest BCUT2D eigenvalue weighted by molar-refractivity contribution is 9.10. The van der Waals surface area contributed by atoms with E-state index in [9.17, 15) is 4.79 Å². The number of carbonyl (C=O) groups is 1. The highest BCUT2D eigenvalue weighted by Crippen LogP contribution is 2.21. The van der Waals surface area contributed by atoms with Gasteiger partial charge in [-0.3, -0.25) is 4.79 Å². The van der Waals surface area contributed by atoms with E-state index < -0.39 is 0 Å². The number of halogens is 2. The molecule has 0 aromatic carbocycles. The quantitative estimate of drug-likeness (QED) is 0.738. The van der Waals surface area contributed by atoms with Crippen LogP contribution in [0.2, 0.25) is 0 Å². The summed E-state index contributed by atoms with van der Waals surface area (Å²) in [6, 6.07) is 3.44. The molecule has 0 atom stereocenters. The summed E-state index contributed by atoms with van der Waals surface area (Å²) in [5.74, 6) is 0.398. The van der Waals surface area contributed by atoms with Gasteiger partial charge >= 0.3 is 0 Å². The number of hydrogen-bond donors (Lipinski definition) is 0. The molecule has 15 heavy (non-hydrogen) atoms. The van der Waals surface area contributed by atoms with Gasteiger partial charge in [-0.15, -0.1) is 0 Å². The molecular formula is C10H11Br2NO2. The molecule has 82 valence electrons. The molecule has 0 radical (unpaired) electrons. The van der Waals surface area contributed by atoms with Gasteiger partial charge in [0.2, 0.25) is 0 Å². The van der Waals surface area contributed by atoms with Crippen LogP contribution in [0.5, 0.6) is 0 Å². The van der Waals surface area contributed by atoms with E-state index >= 15 is 0 Å². The van der Waals surface area contributed by atoms with Gasteiger partial charge in [0.1, 0.15) is 0 Å². The lowest BCUT2D eigenvalue weighted by Crippen LogP contribution is -2.38. The Bertz CT molecular complexity index is 356. The van der Waals surface area contributed by atoms with Gasteiger partial charge in [-0.2, -0.15) is 0 Å². The van der Waals surface area contributed by atoms with Gasteiger partial charge in [-0.25, -0.2) is 0 Å². The smallest absolute Gasteiger partial charge is 0.289 e. The summed E-state index contributed by atoms with van der Waals surface area (Å²) in [4.78, 5) is 14.3. The maximum Gasteiger partial charge on any atom is 0.289 e. The van der Waals surface area contributed by atoms with Gasteiger partial charge < -0.3 is 9.32 Å². The van der Waals surface area contributed by atoms with E-state index in [0.29, 0.717) is 15.3 Å². The molecule has 1 aliphatic rings. The van der Waals surface area contributed by atoms with Gasteiger partial charge in [-0.1, -0.05) is 15.9 Å². The lowest BCUT2D eigenvalue weighted by molar-refractivity contribution is 0.0695. The number of rotatable bonds is 1. The normalized spacial score (nSPS) is 18.1. The lowest BCUT2D eigenvalue weighted by Gasteiger charge is -2.28. The van der Waals surface area contributed by atoms with Crippen LogP contribution in [-0.4, -0.2) is 28.7 Å². The number of furan rings is 1. The molecule has 0 aliphatic carbocycles. The second-order valence-electron chi connectivity index (χ2n) is 3.57. The summed E-state index contributed by atoms with van der Waals surface area (Å²) in [7, 11) is 0. The van der Waals surface area contributed by atoms with Crippen LogP contribution in [0.25, 0.3) is 0 Å². The first-order chi connectivity index (χ1) is 7.16. The zero-order valence-electron chi connectivity index (χ0n) is 8.08. The predicted molar refractivity (Wildman–Crippen MR) is 64.3 cm³/mol. The zero-order valence-corrected chi connectivity index (χ0v) is 11.3. The fourth-order valence-corrected chi connectivity index (χ4v) is 2.35. The van der Waals surface area contributed by atoms with Gasteiger partial charge in [0, 0.05) is 17.9 Å². The number of alkyl halides is 1. The van der Waals surface area contributed by atoms with Gasteiger partial charge in [0.25, 0.3) is 5.91 Å². The fourth-order valence-electron chi connectivity index (χ4n) is 1.64. The topological polar surface area (TPSA) is 33.5 Å². The van der Waals surface area contributed by atoms with Crippen molar-refractivity contribution in [1.29, 1.82) is 0 Å². The van der Waals surface area contributed by atoms with E-state index in [1.165, 1.54) is 0 Å². The Kier molecular flexibility index (Phi) is 3.51. The summed E-state index contributed by atoms with van der Waals surface area (Å²) in [6.45, 7) is 1.60. The van der Waals surface area contributed by atoms with Crippen LogP contribution >= 0.6 is 31.9 Å². The maximum atomic E-state index is 11.9. The van der Waals surface area contributed by atoms with E-state index in [0.717, 1.165) is 25.9 Å². The molecule has 1 aromatic heterocycles. The molecule has 1 amide bonds. The first kappa shape index (κ1) is 11.2. The van der Waals surface area contributed by atoms with Crippen LogP contribution in [0, 0.1) is 0 Å². The summed E-state index contributed by atoms with van der Waals surface area (Å²) in [5.41, 5.74) is 0. The Labute approximate surface area is 105 Å². The molecule has 3 nitrogen and oxygen atoms in total. The van der Waals surface area contributed by atoms with Crippen molar-refractivity contribution in [2.24, 2.45) is 0 Å². The molecule has 0 saturated carbocycles. The lowest BCUT2D eigenvalue weighted by atomic mass is 10.1. The SMILES string of the molecule is O=C(c1ccc(Br)o1)N1CCC(Br)CC1. The van der Waals surface area contributed by atoms with Crippen LogP contribution in [-0.2, 0) is 0 Å². The monoisotopic (exact) mass is 335 g/mol. The standard InChI is InChI=1S/C10H11Br2NO2/c11-7-3-5-13(6-4-7)10(14)8-1-2-9(12)15-8/h1-2,7H,3-6H2. The van der Waals surface area contributed by atoms with Crippen molar-refractivity contribution >= 4 is 37.8 Å². The van der Waals surface area contributed by atoms with Gasteiger partial charge in [0.05, 0.1) is 0 Å². The predicted octanol–water partition coefficient (Wildman–Crippen LogP) is 3.04. The van der Waals surface area contributed by atoms with Crippen molar-refractivity contribution in [2.75, 3.05) is 13.1 Å². The van der Waals surface area contributed by atoms with Crippen molar-refractivity contribution in [3.63, 3.8) is 0 Å². The van der Waals surface area contributed by atoms with Crippen molar-refractivity contribution in [3.05, 3.63) is 22.6 Å². The maximum absolute atomic E-state index is 11.9. The number of hydrogen-bond acceptors (Lipinski definition) is 2. The molecular weight excluding hydrogens is 326 g/mol. The van der Waals surface area contributed by atoms with Crippen molar-refractivity contribution < 1.29 is 9.21 Å². The summed E-state index contributed by atoms with van der Waals surface area (Å²) < 4.78 is 5.84. The van der Waals surface area contributed by atoms with Gasteiger partial charge in [-0.05, 0) is 40.9 Å². The Morgan fingerprint density at radius 2 is 2.07 bits per heavy atom. The summed E-state index contributed by atoms with van der Waals surface area (Å²) in [6.07, 6.45) is 2.02. The average molecular weight is 337 g/mol. The van der Waals surface area contributed by atoms with Crippen LogP contribution < -0.4 is 0 Å². The first-order valence-corrected chi connectivity index (χ1v) is 6.56.